The third-order valence-corrected chi connectivity index (χ3v) is 2.78. The Morgan fingerprint density at radius 3 is 2.27 bits per heavy atom. The topological polar surface area (TPSA) is 24.7 Å². The summed E-state index contributed by atoms with van der Waals surface area (Å²) in [6.07, 6.45) is 2.03. The molecule has 0 aliphatic carbocycles. The first-order valence-corrected chi connectivity index (χ1v) is 5.43. The normalized spacial score (nSPS) is 10.6. The Morgan fingerprint density at radius 1 is 1.13 bits per heavy atom. The molecule has 1 aromatic rings. The van der Waals surface area contributed by atoms with Crippen LogP contribution in [0.3, 0.4) is 0 Å². The SMILES string of the molecule is CCC(C)(CC)N=C=Nc1ccccc1. The molecule has 0 atom stereocenters. The molecule has 0 saturated heterocycles. The van der Waals surface area contributed by atoms with E-state index in [2.05, 4.69) is 36.8 Å². The van der Waals surface area contributed by atoms with Crippen LogP contribution in [0.5, 0.6) is 0 Å². The van der Waals surface area contributed by atoms with Gasteiger partial charge >= 0.3 is 0 Å². The number of hydrogen-bond acceptors (Lipinski definition) is 2. The fraction of sp³-hybridized carbons (Fsp3) is 0.462. The van der Waals surface area contributed by atoms with Crippen molar-refractivity contribution in [2.75, 3.05) is 0 Å². The number of para-hydroxylation sites is 1. The van der Waals surface area contributed by atoms with E-state index in [0.717, 1.165) is 18.5 Å². The summed E-state index contributed by atoms with van der Waals surface area (Å²) >= 11 is 0. The summed E-state index contributed by atoms with van der Waals surface area (Å²) in [5.74, 6) is 0. The van der Waals surface area contributed by atoms with Gasteiger partial charge in [-0.2, -0.15) is 4.99 Å². The summed E-state index contributed by atoms with van der Waals surface area (Å²) in [5.41, 5.74) is 0.883. The molecule has 0 bridgehead atoms. The lowest BCUT2D eigenvalue weighted by Crippen LogP contribution is -2.18. The summed E-state index contributed by atoms with van der Waals surface area (Å²) in [4.78, 5) is 8.54. The Morgan fingerprint density at radius 2 is 1.73 bits per heavy atom. The minimum Gasteiger partial charge on any atom is -0.219 e. The van der Waals surface area contributed by atoms with Gasteiger partial charge in [0.15, 0.2) is 0 Å². The standard InChI is InChI=1S/C13H18N2/c1-4-13(3,5-2)15-11-14-12-9-7-6-8-10-12/h6-10H,4-5H2,1-3H3. The van der Waals surface area contributed by atoms with Gasteiger partial charge in [0.1, 0.15) is 0 Å². The van der Waals surface area contributed by atoms with Crippen LogP contribution in [0.25, 0.3) is 0 Å². The maximum Gasteiger partial charge on any atom is 0.0954 e. The predicted molar refractivity (Wildman–Crippen MR) is 65.0 cm³/mol. The molecule has 0 heterocycles. The Labute approximate surface area is 91.8 Å². The van der Waals surface area contributed by atoms with E-state index in [-0.39, 0.29) is 5.54 Å². The van der Waals surface area contributed by atoms with Crippen molar-refractivity contribution in [1.29, 1.82) is 0 Å². The first kappa shape index (κ1) is 11.7. The molecule has 0 aliphatic heterocycles. The van der Waals surface area contributed by atoms with Crippen LogP contribution < -0.4 is 0 Å². The molecule has 0 N–H and O–H groups in total. The van der Waals surface area contributed by atoms with Gasteiger partial charge in [-0.15, -0.1) is 0 Å². The van der Waals surface area contributed by atoms with Crippen molar-refractivity contribution in [2.45, 2.75) is 39.2 Å². The lowest BCUT2D eigenvalue weighted by Gasteiger charge is -2.18. The van der Waals surface area contributed by atoms with E-state index in [1.807, 2.05) is 30.3 Å². The van der Waals surface area contributed by atoms with Crippen LogP contribution in [0, 0.1) is 0 Å². The highest BCUT2D eigenvalue weighted by atomic mass is 14.9. The highest BCUT2D eigenvalue weighted by Crippen LogP contribution is 2.18. The molecule has 1 rings (SSSR count). The van der Waals surface area contributed by atoms with Gasteiger partial charge in [0.25, 0.3) is 0 Å². The lowest BCUT2D eigenvalue weighted by atomic mass is 9.97. The molecular weight excluding hydrogens is 184 g/mol. The van der Waals surface area contributed by atoms with Gasteiger partial charge in [0.05, 0.1) is 17.2 Å². The molecule has 0 saturated carbocycles. The van der Waals surface area contributed by atoms with Gasteiger partial charge in [-0.3, -0.25) is 0 Å². The average Bonchev–Trinajstić information content (AvgIpc) is 2.30. The Balaban J connectivity index is 2.77. The van der Waals surface area contributed by atoms with Crippen LogP contribution in [0.4, 0.5) is 5.69 Å². The van der Waals surface area contributed by atoms with Gasteiger partial charge in [-0.25, -0.2) is 4.99 Å². The number of nitrogens with zero attached hydrogens (tertiary/aromatic N) is 2. The van der Waals surface area contributed by atoms with Gasteiger partial charge in [-0.1, -0.05) is 32.0 Å². The van der Waals surface area contributed by atoms with Crippen LogP contribution in [-0.2, 0) is 0 Å². The second kappa shape index (κ2) is 5.47. The fourth-order valence-electron chi connectivity index (χ4n) is 1.11. The zero-order valence-electron chi connectivity index (χ0n) is 9.70. The smallest absolute Gasteiger partial charge is 0.0954 e. The fourth-order valence-corrected chi connectivity index (χ4v) is 1.11. The quantitative estimate of drug-likeness (QED) is 0.657. The monoisotopic (exact) mass is 202 g/mol. The first-order chi connectivity index (χ1) is 7.20. The third kappa shape index (κ3) is 3.69. The predicted octanol–water partition coefficient (Wildman–Crippen LogP) is 4.07. The summed E-state index contributed by atoms with van der Waals surface area (Å²) in [6, 6.07) is 12.6. The Kier molecular flexibility index (Phi) is 4.26. The average molecular weight is 202 g/mol. The highest BCUT2D eigenvalue weighted by molar-refractivity contribution is 5.52. The van der Waals surface area contributed by atoms with Crippen LogP contribution >= 0.6 is 0 Å². The van der Waals surface area contributed by atoms with Crippen molar-refractivity contribution in [1.82, 2.24) is 0 Å². The summed E-state index contributed by atoms with van der Waals surface area (Å²) in [5, 5.41) is 0. The maximum absolute atomic E-state index is 4.37. The molecule has 0 amide bonds. The first-order valence-electron chi connectivity index (χ1n) is 5.43. The van der Waals surface area contributed by atoms with Crippen LogP contribution in [0.1, 0.15) is 33.6 Å². The molecule has 0 radical (unpaired) electrons. The van der Waals surface area contributed by atoms with Gasteiger partial charge in [-0.05, 0) is 31.9 Å². The molecule has 1 aromatic carbocycles. The molecular formula is C13H18N2. The van der Waals surface area contributed by atoms with Crippen molar-refractivity contribution in [3.63, 3.8) is 0 Å². The molecule has 0 fully saturated rings. The number of rotatable bonds is 4. The van der Waals surface area contributed by atoms with E-state index in [9.17, 15) is 0 Å². The molecule has 0 aromatic heterocycles. The van der Waals surface area contributed by atoms with Crippen molar-refractivity contribution >= 4 is 11.7 Å². The third-order valence-electron chi connectivity index (χ3n) is 2.78. The minimum absolute atomic E-state index is 0.0156. The maximum atomic E-state index is 4.37. The highest BCUT2D eigenvalue weighted by Gasteiger charge is 2.16. The van der Waals surface area contributed by atoms with E-state index in [1.165, 1.54) is 0 Å². The molecule has 0 spiro atoms. The second-order valence-electron chi connectivity index (χ2n) is 3.86. The van der Waals surface area contributed by atoms with Crippen molar-refractivity contribution in [3.05, 3.63) is 30.3 Å². The van der Waals surface area contributed by atoms with Crippen molar-refractivity contribution in [2.24, 2.45) is 9.98 Å². The van der Waals surface area contributed by atoms with Gasteiger partial charge in [0, 0.05) is 0 Å². The minimum atomic E-state index is -0.0156. The summed E-state index contributed by atoms with van der Waals surface area (Å²) in [6.45, 7) is 6.40. The van der Waals surface area contributed by atoms with E-state index < -0.39 is 0 Å². The van der Waals surface area contributed by atoms with E-state index in [4.69, 9.17) is 0 Å². The molecule has 15 heavy (non-hydrogen) atoms. The molecule has 2 nitrogen and oxygen atoms in total. The van der Waals surface area contributed by atoms with Gasteiger partial charge in [0.2, 0.25) is 0 Å². The summed E-state index contributed by atoms with van der Waals surface area (Å²) < 4.78 is 0. The second-order valence-corrected chi connectivity index (χ2v) is 3.86. The van der Waals surface area contributed by atoms with E-state index >= 15 is 0 Å². The van der Waals surface area contributed by atoms with Crippen LogP contribution in [-0.4, -0.2) is 11.5 Å². The summed E-state index contributed by atoms with van der Waals surface area (Å²) in [7, 11) is 0. The van der Waals surface area contributed by atoms with E-state index in [0.29, 0.717) is 0 Å². The zero-order chi connectivity index (χ0) is 11.1. The molecule has 0 unspecified atom stereocenters. The van der Waals surface area contributed by atoms with Crippen LogP contribution in [0.15, 0.2) is 40.3 Å². The Bertz CT molecular complexity index is 344. The van der Waals surface area contributed by atoms with Crippen molar-refractivity contribution in [3.8, 4) is 0 Å². The van der Waals surface area contributed by atoms with Crippen molar-refractivity contribution < 1.29 is 0 Å². The molecule has 80 valence electrons. The number of hydrogen-bond donors (Lipinski definition) is 0. The van der Waals surface area contributed by atoms with Gasteiger partial charge < -0.3 is 0 Å². The Hall–Kier alpha value is -1.40. The van der Waals surface area contributed by atoms with E-state index in [1.54, 1.807) is 0 Å². The molecule has 0 aliphatic rings. The number of aliphatic imine (C=N–C) groups is 2. The zero-order valence-corrected chi connectivity index (χ0v) is 9.70. The van der Waals surface area contributed by atoms with Crippen LogP contribution in [0.2, 0.25) is 0 Å². The number of benzene rings is 1. The largest absolute Gasteiger partial charge is 0.219 e. The lowest BCUT2D eigenvalue weighted by molar-refractivity contribution is 0.443. The molecule has 2 heteroatoms.